The van der Waals surface area contributed by atoms with Gasteiger partial charge in [0.05, 0.1) is 0 Å². The first-order valence-electron chi connectivity index (χ1n) is 8.39. The van der Waals surface area contributed by atoms with Gasteiger partial charge in [-0.3, -0.25) is 0 Å². The number of carboxylic acid groups (broad SMARTS) is 1. The van der Waals surface area contributed by atoms with E-state index in [1.165, 1.54) is 23.4 Å². The number of hydrogen-bond acceptors (Lipinski definition) is 6. The van der Waals surface area contributed by atoms with E-state index in [0.717, 1.165) is 16.7 Å². The van der Waals surface area contributed by atoms with Crippen molar-refractivity contribution in [3.63, 3.8) is 0 Å². The number of nitrogens with zero attached hydrogens (tertiary/aromatic N) is 1. The normalized spacial score (nSPS) is 11.8. The Hall–Kier alpha value is -2.90. The Morgan fingerprint density at radius 2 is 1.82 bits per heavy atom. The molecule has 5 nitrogen and oxygen atoms in total. The van der Waals surface area contributed by atoms with Gasteiger partial charge in [-0.15, -0.1) is 0 Å². The van der Waals surface area contributed by atoms with Crippen molar-refractivity contribution in [1.29, 1.82) is 0 Å². The summed E-state index contributed by atoms with van der Waals surface area (Å²) in [7, 11) is 0. The molecule has 2 aromatic heterocycles. The van der Waals surface area contributed by atoms with Gasteiger partial charge < -0.3 is 13.9 Å². The lowest BCUT2D eigenvalue weighted by atomic mass is 10.2. The van der Waals surface area contributed by atoms with Crippen LogP contribution in [0.5, 0.6) is 0 Å². The molecule has 0 spiro atoms. The van der Waals surface area contributed by atoms with E-state index >= 15 is 0 Å². The number of oxazole rings is 1. The van der Waals surface area contributed by atoms with Crippen LogP contribution in [0.25, 0.3) is 17.2 Å². The Labute approximate surface area is 169 Å². The van der Waals surface area contributed by atoms with Crippen molar-refractivity contribution in [3.05, 3.63) is 76.9 Å². The van der Waals surface area contributed by atoms with Crippen molar-refractivity contribution in [1.82, 2.24) is 4.98 Å². The van der Waals surface area contributed by atoms with Crippen LogP contribution in [0, 0.1) is 6.92 Å². The first-order valence-corrected chi connectivity index (χ1v) is 10.0. The van der Waals surface area contributed by atoms with E-state index in [9.17, 15) is 9.90 Å². The standard InChI is InChI=1S/C21H15NO4S2/c1-13-6-9-15(10-7-13)27-19-11-8-14(25-19)12-18(20(23)24)28-21-22-16-4-2-3-5-17(16)26-21/h2-12H,1H3,(H,23,24)/b18-12-. The SMILES string of the molecule is Cc1ccc(Sc2ccc(/C=C(\Sc3nc4ccccc4o3)C(=O)O)o2)cc1. The van der Waals surface area contributed by atoms with Crippen molar-refractivity contribution in [3.8, 4) is 0 Å². The highest BCUT2D eigenvalue weighted by Gasteiger charge is 2.16. The molecule has 0 aliphatic rings. The summed E-state index contributed by atoms with van der Waals surface area (Å²) in [5.41, 5.74) is 2.49. The fourth-order valence-electron chi connectivity index (χ4n) is 2.44. The van der Waals surface area contributed by atoms with E-state index in [1.807, 2.05) is 55.5 Å². The van der Waals surface area contributed by atoms with Crippen LogP contribution < -0.4 is 0 Å². The molecule has 4 rings (SSSR count). The number of aromatic nitrogens is 1. The van der Waals surface area contributed by atoms with Crippen LogP contribution in [0.15, 0.2) is 89.6 Å². The Morgan fingerprint density at radius 3 is 2.57 bits per heavy atom. The van der Waals surface area contributed by atoms with Crippen LogP contribution in [0.1, 0.15) is 11.3 Å². The van der Waals surface area contributed by atoms with E-state index < -0.39 is 5.97 Å². The molecule has 28 heavy (non-hydrogen) atoms. The zero-order chi connectivity index (χ0) is 19.5. The molecule has 0 aliphatic carbocycles. The minimum absolute atomic E-state index is 0.0628. The van der Waals surface area contributed by atoms with Crippen molar-refractivity contribution >= 4 is 46.7 Å². The van der Waals surface area contributed by atoms with E-state index in [4.69, 9.17) is 8.83 Å². The van der Waals surface area contributed by atoms with Gasteiger partial charge in [0.25, 0.3) is 5.22 Å². The number of aliphatic carboxylic acids is 1. The molecule has 0 aliphatic heterocycles. The van der Waals surface area contributed by atoms with Crippen LogP contribution in [-0.4, -0.2) is 16.1 Å². The number of carboxylic acids is 1. The number of aryl methyl sites for hydroxylation is 1. The molecule has 7 heteroatoms. The first-order chi connectivity index (χ1) is 13.6. The monoisotopic (exact) mass is 409 g/mol. The van der Waals surface area contributed by atoms with Gasteiger partial charge in [0, 0.05) is 11.0 Å². The van der Waals surface area contributed by atoms with E-state index in [1.54, 1.807) is 12.1 Å². The first kappa shape index (κ1) is 18.5. The Kier molecular flexibility index (Phi) is 5.27. The molecule has 4 aromatic rings. The topological polar surface area (TPSA) is 76.5 Å². The summed E-state index contributed by atoms with van der Waals surface area (Å²) in [5.74, 6) is -0.619. The number of para-hydroxylation sites is 2. The summed E-state index contributed by atoms with van der Waals surface area (Å²) in [6, 6.07) is 19.0. The van der Waals surface area contributed by atoms with Gasteiger partial charge >= 0.3 is 5.97 Å². The minimum Gasteiger partial charge on any atom is -0.477 e. The molecule has 2 aromatic carbocycles. The maximum absolute atomic E-state index is 11.6. The molecular weight excluding hydrogens is 394 g/mol. The van der Waals surface area contributed by atoms with Crippen LogP contribution in [0.4, 0.5) is 0 Å². The van der Waals surface area contributed by atoms with E-state index in [0.29, 0.717) is 22.0 Å². The molecule has 1 N–H and O–H groups in total. The lowest BCUT2D eigenvalue weighted by molar-refractivity contribution is -0.131. The van der Waals surface area contributed by atoms with Gasteiger partial charge in [-0.2, -0.15) is 0 Å². The molecule has 0 atom stereocenters. The average molecular weight is 409 g/mol. The number of benzene rings is 2. The number of fused-ring (bicyclic) bond motifs is 1. The van der Waals surface area contributed by atoms with Crippen molar-refractivity contribution < 1.29 is 18.7 Å². The van der Waals surface area contributed by atoms with Gasteiger partial charge in [-0.1, -0.05) is 41.6 Å². The number of hydrogen-bond donors (Lipinski definition) is 1. The lowest BCUT2D eigenvalue weighted by Gasteiger charge is -1.99. The molecule has 0 radical (unpaired) electrons. The number of thioether (sulfide) groups is 1. The third-order valence-corrected chi connectivity index (χ3v) is 5.59. The van der Waals surface area contributed by atoms with Crippen molar-refractivity contribution in [2.24, 2.45) is 0 Å². The van der Waals surface area contributed by atoms with Gasteiger partial charge in [-0.05, 0) is 55.1 Å². The van der Waals surface area contributed by atoms with Gasteiger partial charge in [-0.25, -0.2) is 9.78 Å². The Morgan fingerprint density at radius 1 is 1.04 bits per heavy atom. The van der Waals surface area contributed by atoms with E-state index in [-0.39, 0.29) is 10.1 Å². The minimum atomic E-state index is -1.07. The number of carbonyl (C=O) groups is 1. The summed E-state index contributed by atoms with van der Waals surface area (Å²) in [6.07, 6.45) is 1.47. The summed E-state index contributed by atoms with van der Waals surface area (Å²) >= 11 is 2.43. The van der Waals surface area contributed by atoms with Crippen LogP contribution in [0.3, 0.4) is 0 Å². The number of rotatable bonds is 6. The van der Waals surface area contributed by atoms with Gasteiger partial charge in [0.1, 0.15) is 16.2 Å². The largest absolute Gasteiger partial charge is 0.477 e. The zero-order valence-corrected chi connectivity index (χ0v) is 16.4. The van der Waals surface area contributed by atoms with Crippen molar-refractivity contribution in [2.75, 3.05) is 0 Å². The lowest BCUT2D eigenvalue weighted by Crippen LogP contribution is -1.96. The summed E-state index contributed by atoms with van der Waals surface area (Å²) < 4.78 is 11.3. The second-order valence-corrected chi connectivity index (χ2v) is 8.01. The molecule has 140 valence electrons. The average Bonchev–Trinajstić information content (AvgIpc) is 3.29. The molecule has 0 bridgehead atoms. The summed E-state index contributed by atoms with van der Waals surface area (Å²) in [6.45, 7) is 2.03. The summed E-state index contributed by atoms with van der Waals surface area (Å²) in [5, 5.41) is 10.5. The van der Waals surface area contributed by atoms with Crippen LogP contribution >= 0.6 is 23.5 Å². The highest BCUT2D eigenvalue weighted by molar-refractivity contribution is 8.03. The fourth-order valence-corrected chi connectivity index (χ4v) is 3.95. The zero-order valence-electron chi connectivity index (χ0n) is 14.8. The highest BCUT2D eigenvalue weighted by Crippen LogP contribution is 2.33. The molecule has 0 fully saturated rings. The fraction of sp³-hybridized carbons (Fsp3) is 0.0476. The third kappa shape index (κ3) is 4.32. The molecular formula is C21H15NO4S2. The molecule has 0 amide bonds. The molecule has 2 heterocycles. The third-order valence-electron chi connectivity index (χ3n) is 3.80. The Balaban J connectivity index is 1.53. The van der Waals surface area contributed by atoms with Crippen LogP contribution in [0.2, 0.25) is 0 Å². The molecule has 0 saturated heterocycles. The maximum atomic E-state index is 11.6. The smallest absolute Gasteiger partial charge is 0.342 e. The second-order valence-electron chi connectivity index (χ2n) is 5.94. The predicted molar refractivity (Wildman–Crippen MR) is 109 cm³/mol. The summed E-state index contributed by atoms with van der Waals surface area (Å²) in [4.78, 5) is 17.1. The van der Waals surface area contributed by atoms with Crippen LogP contribution in [-0.2, 0) is 4.79 Å². The maximum Gasteiger partial charge on any atom is 0.342 e. The van der Waals surface area contributed by atoms with Gasteiger partial charge in [0.15, 0.2) is 10.7 Å². The van der Waals surface area contributed by atoms with Crippen molar-refractivity contribution in [2.45, 2.75) is 22.1 Å². The Bertz CT molecular complexity index is 1130. The second kappa shape index (κ2) is 8.00. The predicted octanol–water partition coefficient (Wildman–Crippen LogP) is 6.10. The van der Waals surface area contributed by atoms with E-state index in [2.05, 4.69) is 4.98 Å². The number of furan rings is 1. The molecule has 0 saturated carbocycles. The molecule has 0 unspecified atom stereocenters. The quantitative estimate of drug-likeness (QED) is 0.305. The van der Waals surface area contributed by atoms with Gasteiger partial charge in [0.2, 0.25) is 0 Å². The highest BCUT2D eigenvalue weighted by atomic mass is 32.2.